The van der Waals surface area contributed by atoms with E-state index in [1.807, 2.05) is 0 Å². The SMILES string of the molecule is CCOC(=O)c1cc(NC(=O)CN2C(=O)S/C(=C/c3ccc(-c4cccc(C(F)(F)F)c4)o3)C2=O)ccc1Cl. The summed E-state index contributed by atoms with van der Waals surface area (Å²) in [4.78, 5) is 50.5. The molecule has 0 unspecified atom stereocenters. The number of furan rings is 1. The lowest BCUT2D eigenvalue weighted by Crippen LogP contribution is -2.36. The zero-order chi connectivity index (χ0) is 28.3. The predicted octanol–water partition coefficient (Wildman–Crippen LogP) is 6.47. The van der Waals surface area contributed by atoms with Gasteiger partial charge in [0.15, 0.2) is 0 Å². The average Bonchev–Trinajstić information content (AvgIpc) is 3.45. The number of alkyl halides is 3. The fraction of sp³-hybridized carbons (Fsp3) is 0.154. The van der Waals surface area contributed by atoms with E-state index in [4.69, 9.17) is 20.8 Å². The lowest BCUT2D eigenvalue weighted by Gasteiger charge is -2.13. The van der Waals surface area contributed by atoms with E-state index >= 15 is 0 Å². The summed E-state index contributed by atoms with van der Waals surface area (Å²) in [5, 5.41) is 1.92. The second-order valence-corrected chi connectivity index (χ2v) is 9.41. The van der Waals surface area contributed by atoms with Gasteiger partial charge in [-0.3, -0.25) is 19.3 Å². The van der Waals surface area contributed by atoms with Crippen LogP contribution < -0.4 is 5.32 Å². The number of hydrogen-bond donors (Lipinski definition) is 1. The van der Waals surface area contributed by atoms with Gasteiger partial charge in [-0.25, -0.2) is 4.79 Å². The maximum Gasteiger partial charge on any atom is 0.416 e. The van der Waals surface area contributed by atoms with Crippen LogP contribution in [0.25, 0.3) is 17.4 Å². The highest BCUT2D eigenvalue weighted by molar-refractivity contribution is 8.18. The van der Waals surface area contributed by atoms with Crippen molar-refractivity contribution in [3.8, 4) is 11.3 Å². The highest BCUT2D eigenvalue weighted by Gasteiger charge is 2.36. The Morgan fingerprint density at radius 3 is 2.62 bits per heavy atom. The first-order valence-corrected chi connectivity index (χ1v) is 12.4. The van der Waals surface area contributed by atoms with Crippen LogP contribution in [0.1, 0.15) is 28.6 Å². The zero-order valence-electron chi connectivity index (χ0n) is 20.0. The molecule has 1 aromatic heterocycles. The summed E-state index contributed by atoms with van der Waals surface area (Å²) in [6.07, 6.45) is -3.25. The number of benzene rings is 2. The molecule has 0 aliphatic carbocycles. The third-order valence-corrected chi connectivity index (χ3v) is 6.53. The molecule has 0 bridgehead atoms. The van der Waals surface area contributed by atoms with E-state index in [1.165, 1.54) is 48.5 Å². The molecule has 0 radical (unpaired) electrons. The van der Waals surface area contributed by atoms with Crippen molar-refractivity contribution in [2.75, 3.05) is 18.5 Å². The molecule has 1 aliphatic rings. The highest BCUT2D eigenvalue weighted by Crippen LogP contribution is 2.35. The van der Waals surface area contributed by atoms with Crippen LogP contribution in [0.15, 0.2) is 63.9 Å². The molecule has 3 aromatic rings. The molecule has 1 aliphatic heterocycles. The molecular weight excluding hydrogens is 561 g/mol. The number of nitrogens with one attached hydrogen (secondary N) is 1. The Bertz CT molecular complexity index is 1500. The molecule has 8 nitrogen and oxygen atoms in total. The number of ether oxygens (including phenoxy) is 1. The van der Waals surface area contributed by atoms with Gasteiger partial charge in [0.05, 0.1) is 27.7 Å². The first-order chi connectivity index (χ1) is 18.5. The van der Waals surface area contributed by atoms with Gasteiger partial charge in [0.2, 0.25) is 5.91 Å². The van der Waals surface area contributed by atoms with Gasteiger partial charge in [0.1, 0.15) is 18.1 Å². The average molecular weight is 579 g/mol. The van der Waals surface area contributed by atoms with Crippen molar-refractivity contribution in [3.63, 3.8) is 0 Å². The largest absolute Gasteiger partial charge is 0.462 e. The van der Waals surface area contributed by atoms with Crippen molar-refractivity contribution in [2.24, 2.45) is 0 Å². The van der Waals surface area contributed by atoms with Gasteiger partial charge in [0.25, 0.3) is 11.1 Å². The summed E-state index contributed by atoms with van der Waals surface area (Å²) >= 11 is 6.59. The van der Waals surface area contributed by atoms with E-state index in [0.717, 1.165) is 17.0 Å². The number of esters is 1. The minimum absolute atomic E-state index is 0.0335. The van der Waals surface area contributed by atoms with E-state index in [9.17, 15) is 32.3 Å². The Hall–Kier alpha value is -4.03. The Kier molecular flexibility index (Phi) is 8.17. The van der Waals surface area contributed by atoms with Gasteiger partial charge in [-0.1, -0.05) is 23.7 Å². The highest BCUT2D eigenvalue weighted by atomic mass is 35.5. The van der Waals surface area contributed by atoms with Gasteiger partial charge in [-0.15, -0.1) is 0 Å². The predicted molar refractivity (Wildman–Crippen MR) is 138 cm³/mol. The van der Waals surface area contributed by atoms with Crippen molar-refractivity contribution in [1.82, 2.24) is 4.90 Å². The fourth-order valence-electron chi connectivity index (χ4n) is 3.51. The number of amides is 3. The maximum absolute atomic E-state index is 13.0. The minimum Gasteiger partial charge on any atom is -0.462 e. The summed E-state index contributed by atoms with van der Waals surface area (Å²) in [6, 6.07) is 11.6. The van der Waals surface area contributed by atoms with E-state index in [0.29, 0.717) is 11.8 Å². The first-order valence-electron chi connectivity index (χ1n) is 11.3. The van der Waals surface area contributed by atoms with Crippen LogP contribution in [-0.2, 0) is 20.5 Å². The molecule has 13 heteroatoms. The zero-order valence-corrected chi connectivity index (χ0v) is 21.6. The Labute approximate surface area is 228 Å². The molecule has 39 heavy (non-hydrogen) atoms. The number of carbonyl (C=O) groups is 4. The van der Waals surface area contributed by atoms with E-state index in [-0.39, 0.29) is 44.9 Å². The standard InChI is InChI=1S/C26H18ClF3N2O6S/c1-2-37-24(35)18-11-16(6-8-19(18)27)31-22(33)13-32-23(34)21(39-25(32)36)12-17-7-9-20(38-17)14-4-3-5-15(10-14)26(28,29)30/h3-12H,2,13H2,1H3,(H,31,33)/b21-12+. The molecule has 202 valence electrons. The number of imide groups is 1. The number of carbonyl (C=O) groups excluding carboxylic acids is 4. The molecule has 1 N–H and O–H groups in total. The van der Waals surface area contributed by atoms with Crippen LogP contribution in [0.3, 0.4) is 0 Å². The Balaban J connectivity index is 1.44. The van der Waals surface area contributed by atoms with Crippen molar-refractivity contribution in [2.45, 2.75) is 13.1 Å². The van der Waals surface area contributed by atoms with E-state index in [1.54, 1.807) is 6.92 Å². The van der Waals surface area contributed by atoms with Crippen LogP contribution in [-0.4, -0.2) is 41.1 Å². The van der Waals surface area contributed by atoms with Gasteiger partial charge in [-0.05, 0) is 61.2 Å². The molecule has 3 amide bonds. The van der Waals surface area contributed by atoms with Crippen molar-refractivity contribution in [3.05, 3.63) is 81.4 Å². The molecule has 1 fully saturated rings. The number of anilines is 1. The van der Waals surface area contributed by atoms with Gasteiger partial charge in [0, 0.05) is 17.3 Å². The first kappa shape index (κ1) is 28.0. The summed E-state index contributed by atoms with van der Waals surface area (Å²) in [6.45, 7) is 1.15. The monoisotopic (exact) mass is 578 g/mol. The second kappa shape index (κ2) is 11.4. The lowest BCUT2D eigenvalue weighted by atomic mass is 10.1. The number of rotatable bonds is 7. The van der Waals surface area contributed by atoms with Crippen molar-refractivity contribution in [1.29, 1.82) is 0 Å². The maximum atomic E-state index is 13.0. The molecule has 0 atom stereocenters. The lowest BCUT2D eigenvalue weighted by molar-refractivity contribution is -0.137. The van der Waals surface area contributed by atoms with Gasteiger partial charge >= 0.3 is 12.1 Å². The minimum atomic E-state index is -4.52. The van der Waals surface area contributed by atoms with Crippen molar-refractivity contribution >= 4 is 58.1 Å². The van der Waals surface area contributed by atoms with Crippen LogP contribution in [0.2, 0.25) is 5.02 Å². The van der Waals surface area contributed by atoms with Gasteiger partial charge < -0.3 is 14.5 Å². The Morgan fingerprint density at radius 1 is 1.13 bits per heavy atom. The number of halogens is 4. The van der Waals surface area contributed by atoms with Crippen LogP contribution in [0.5, 0.6) is 0 Å². The topological polar surface area (TPSA) is 106 Å². The summed E-state index contributed by atoms with van der Waals surface area (Å²) in [7, 11) is 0. The van der Waals surface area contributed by atoms with Gasteiger partial charge in [-0.2, -0.15) is 13.2 Å². The third-order valence-electron chi connectivity index (χ3n) is 5.30. The summed E-state index contributed by atoms with van der Waals surface area (Å²) in [5.74, 6) is -1.87. The van der Waals surface area contributed by atoms with E-state index < -0.39 is 41.3 Å². The molecule has 2 aromatic carbocycles. The van der Waals surface area contributed by atoms with E-state index in [2.05, 4.69) is 5.32 Å². The molecule has 4 rings (SSSR count). The summed E-state index contributed by atoms with van der Waals surface area (Å²) < 4.78 is 49.5. The number of thioether (sulfide) groups is 1. The normalized spacial score (nSPS) is 14.7. The molecular formula is C26H18ClF3N2O6S. The number of hydrogen-bond acceptors (Lipinski definition) is 7. The molecule has 1 saturated heterocycles. The molecule has 2 heterocycles. The second-order valence-electron chi connectivity index (χ2n) is 8.01. The third kappa shape index (κ3) is 6.52. The van der Waals surface area contributed by atoms with Crippen LogP contribution in [0, 0.1) is 0 Å². The molecule has 0 spiro atoms. The molecule has 0 saturated carbocycles. The quantitative estimate of drug-likeness (QED) is 0.253. The van der Waals surface area contributed by atoms with Crippen molar-refractivity contribution < 1.29 is 41.5 Å². The number of nitrogens with zero attached hydrogens (tertiary/aromatic N) is 1. The van der Waals surface area contributed by atoms with Crippen LogP contribution in [0.4, 0.5) is 23.7 Å². The summed E-state index contributed by atoms with van der Waals surface area (Å²) in [5.41, 5.74) is -0.420. The fourth-order valence-corrected chi connectivity index (χ4v) is 4.53. The smallest absolute Gasteiger partial charge is 0.416 e. The van der Waals surface area contributed by atoms with Crippen LogP contribution >= 0.6 is 23.4 Å². The Morgan fingerprint density at radius 2 is 1.90 bits per heavy atom.